The van der Waals surface area contributed by atoms with Gasteiger partial charge in [0, 0.05) is 19.0 Å². The van der Waals surface area contributed by atoms with Gasteiger partial charge in [0.2, 0.25) is 0 Å². The summed E-state index contributed by atoms with van der Waals surface area (Å²) in [5.74, 6) is -0.0572. The Kier molecular flexibility index (Phi) is 5.05. The number of nitrogens with zero attached hydrogens (tertiary/aromatic N) is 1. The number of morpholine rings is 1. The van der Waals surface area contributed by atoms with Crippen molar-refractivity contribution in [1.82, 2.24) is 10.3 Å². The van der Waals surface area contributed by atoms with Crippen molar-refractivity contribution in [3.05, 3.63) is 30.1 Å². The normalized spacial score (nSPS) is 22.2. The number of pyridine rings is 1. The number of nitrogens with one attached hydrogen (secondary N) is 2. The summed E-state index contributed by atoms with van der Waals surface area (Å²) in [6.45, 7) is 4.53. The van der Waals surface area contributed by atoms with Crippen LogP contribution < -0.4 is 10.2 Å². The zero-order valence-electron chi connectivity index (χ0n) is 13.1. The van der Waals surface area contributed by atoms with Gasteiger partial charge in [-0.15, -0.1) is 0 Å². The van der Waals surface area contributed by atoms with Crippen molar-refractivity contribution in [3.8, 4) is 0 Å². The third-order valence-electron chi connectivity index (χ3n) is 5.14. The molecule has 1 amide bonds. The van der Waals surface area contributed by atoms with E-state index in [-0.39, 0.29) is 11.4 Å². The molecule has 1 saturated heterocycles. The standard InChI is InChI=1S/C17H25N3O2/c21-16(15-6-2-5-9-18-15)19-14-17(7-3-1-4-8-17)20-10-12-22-13-11-20/h2,5-6,9H,1,3-4,7-8,10-14H2,(H,19,21)/p+1. The van der Waals surface area contributed by atoms with Crippen molar-refractivity contribution in [2.45, 2.75) is 37.6 Å². The predicted molar refractivity (Wildman–Crippen MR) is 83.9 cm³/mol. The molecule has 0 atom stereocenters. The van der Waals surface area contributed by atoms with E-state index >= 15 is 0 Å². The highest BCUT2D eigenvalue weighted by atomic mass is 16.5. The summed E-state index contributed by atoms with van der Waals surface area (Å²) in [6, 6.07) is 5.45. The Morgan fingerprint density at radius 3 is 2.68 bits per heavy atom. The molecule has 0 unspecified atom stereocenters. The topological polar surface area (TPSA) is 55.7 Å². The summed E-state index contributed by atoms with van der Waals surface area (Å²) in [5.41, 5.74) is 0.692. The van der Waals surface area contributed by atoms with E-state index in [1.165, 1.54) is 32.1 Å². The van der Waals surface area contributed by atoms with Gasteiger partial charge in [-0.25, -0.2) is 0 Å². The van der Waals surface area contributed by atoms with Crippen LogP contribution in [0.1, 0.15) is 42.6 Å². The minimum atomic E-state index is -0.0572. The van der Waals surface area contributed by atoms with Crippen LogP contribution in [0.15, 0.2) is 24.4 Å². The van der Waals surface area contributed by atoms with E-state index in [9.17, 15) is 4.79 Å². The lowest BCUT2D eigenvalue weighted by molar-refractivity contribution is -0.960. The highest BCUT2D eigenvalue weighted by Gasteiger charge is 2.42. The molecule has 3 rings (SSSR count). The van der Waals surface area contributed by atoms with Crippen molar-refractivity contribution in [3.63, 3.8) is 0 Å². The quantitative estimate of drug-likeness (QED) is 0.848. The van der Waals surface area contributed by atoms with E-state index in [4.69, 9.17) is 4.74 Å². The lowest BCUT2D eigenvalue weighted by Gasteiger charge is -2.45. The molecule has 0 aromatic carbocycles. The first-order chi connectivity index (χ1) is 10.8. The Morgan fingerprint density at radius 1 is 1.23 bits per heavy atom. The fraction of sp³-hybridized carbons (Fsp3) is 0.647. The van der Waals surface area contributed by atoms with Crippen LogP contribution in [0, 0.1) is 0 Å². The maximum Gasteiger partial charge on any atom is 0.270 e. The number of carbonyl (C=O) groups is 1. The number of amides is 1. The summed E-state index contributed by atoms with van der Waals surface area (Å²) in [5, 5.41) is 3.14. The van der Waals surface area contributed by atoms with Crippen molar-refractivity contribution in [2.75, 3.05) is 32.8 Å². The van der Waals surface area contributed by atoms with Crippen LogP contribution in [0.25, 0.3) is 0 Å². The van der Waals surface area contributed by atoms with Crippen LogP contribution >= 0.6 is 0 Å². The zero-order valence-corrected chi connectivity index (χ0v) is 13.1. The average Bonchev–Trinajstić information content (AvgIpc) is 2.62. The molecule has 2 aliphatic rings. The number of carbonyl (C=O) groups excluding carboxylic acids is 1. The molecule has 0 spiro atoms. The molecule has 22 heavy (non-hydrogen) atoms. The van der Waals surface area contributed by atoms with Crippen LogP contribution in [0.2, 0.25) is 0 Å². The second-order valence-corrected chi connectivity index (χ2v) is 6.45. The molecular formula is C17H26N3O2+. The molecule has 5 heteroatoms. The second kappa shape index (κ2) is 7.20. The fourth-order valence-corrected chi connectivity index (χ4v) is 3.87. The van der Waals surface area contributed by atoms with E-state index in [0.29, 0.717) is 5.69 Å². The SMILES string of the molecule is O=C(NCC1([NH+]2CCOCC2)CCCCC1)c1ccccn1. The van der Waals surface area contributed by atoms with Crippen LogP contribution in [0.5, 0.6) is 0 Å². The summed E-state index contributed by atoms with van der Waals surface area (Å²) < 4.78 is 5.51. The number of rotatable bonds is 4. The third kappa shape index (κ3) is 3.47. The van der Waals surface area contributed by atoms with E-state index in [1.807, 2.05) is 12.1 Å². The smallest absolute Gasteiger partial charge is 0.270 e. The van der Waals surface area contributed by atoms with Gasteiger partial charge in [0.1, 0.15) is 24.3 Å². The van der Waals surface area contributed by atoms with Crippen LogP contribution in [0.3, 0.4) is 0 Å². The molecule has 120 valence electrons. The summed E-state index contributed by atoms with van der Waals surface area (Å²) >= 11 is 0. The molecular weight excluding hydrogens is 278 g/mol. The summed E-state index contributed by atoms with van der Waals surface area (Å²) in [6.07, 6.45) is 7.92. The number of quaternary nitrogens is 1. The third-order valence-corrected chi connectivity index (χ3v) is 5.14. The van der Waals surface area contributed by atoms with Crippen LogP contribution in [-0.2, 0) is 4.74 Å². The van der Waals surface area contributed by atoms with E-state index in [2.05, 4.69) is 10.3 Å². The Morgan fingerprint density at radius 2 is 2.00 bits per heavy atom. The van der Waals surface area contributed by atoms with Crippen molar-refractivity contribution < 1.29 is 14.4 Å². The molecule has 2 heterocycles. The molecule has 5 nitrogen and oxygen atoms in total. The molecule has 1 aliphatic heterocycles. The first kappa shape index (κ1) is 15.4. The predicted octanol–water partition coefficient (Wildman–Crippen LogP) is 0.429. The summed E-state index contributed by atoms with van der Waals surface area (Å²) in [4.78, 5) is 18.1. The summed E-state index contributed by atoms with van der Waals surface area (Å²) in [7, 11) is 0. The lowest BCUT2D eigenvalue weighted by atomic mass is 9.79. The largest absolute Gasteiger partial charge is 0.370 e. The first-order valence-corrected chi connectivity index (χ1v) is 8.42. The first-order valence-electron chi connectivity index (χ1n) is 8.42. The molecule has 0 radical (unpaired) electrons. The maximum absolute atomic E-state index is 12.3. The molecule has 1 aromatic rings. The minimum Gasteiger partial charge on any atom is -0.370 e. The van der Waals surface area contributed by atoms with Gasteiger partial charge in [0.15, 0.2) is 0 Å². The number of ether oxygens (including phenoxy) is 1. The van der Waals surface area contributed by atoms with Gasteiger partial charge < -0.3 is 15.0 Å². The van der Waals surface area contributed by atoms with E-state index in [1.54, 1.807) is 17.2 Å². The lowest BCUT2D eigenvalue weighted by Crippen LogP contribution is -3.23. The number of hydrogen-bond acceptors (Lipinski definition) is 3. The Hall–Kier alpha value is -1.46. The van der Waals surface area contributed by atoms with Crippen molar-refractivity contribution in [2.24, 2.45) is 0 Å². The molecule has 1 aliphatic carbocycles. The number of hydrogen-bond donors (Lipinski definition) is 2. The molecule has 1 saturated carbocycles. The highest BCUT2D eigenvalue weighted by molar-refractivity contribution is 5.92. The van der Waals surface area contributed by atoms with Crippen molar-refractivity contribution in [1.29, 1.82) is 0 Å². The Labute approximate surface area is 132 Å². The van der Waals surface area contributed by atoms with Gasteiger partial charge in [-0.1, -0.05) is 12.5 Å². The van der Waals surface area contributed by atoms with Gasteiger partial charge in [-0.2, -0.15) is 0 Å². The van der Waals surface area contributed by atoms with Crippen LogP contribution in [0.4, 0.5) is 0 Å². The van der Waals surface area contributed by atoms with Gasteiger partial charge in [0.25, 0.3) is 5.91 Å². The monoisotopic (exact) mass is 304 g/mol. The van der Waals surface area contributed by atoms with Gasteiger partial charge in [-0.3, -0.25) is 9.78 Å². The zero-order chi connectivity index (χ0) is 15.3. The molecule has 0 bridgehead atoms. The minimum absolute atomic E-state index is 0.0572. The van der Waals surface area contributed by atoms with Gasteiger partial charge >= 0.3 is 0 Å². The van der Waals surface area contributed by atoms with Gasteiger partial charge in [-0.05, 0) is 25.0 Å². The Bertz CT molecular complexity index is 480. The molecule has 2 N–H and O–H groups in total. The van der Waals surface area contributed by atoms with Gasteiger partial charge in [0.05, 0.1) is 19.8 Å². The molecule has 1 aromatic heterocycles. The fourth-order valence-electron chi connectivity index (χ4n) is 3.87. The molecule has 2 fully saturated rings. The van der Waals surface area contributed by atoms with Crippen LogP contribution in [-0.4, -0.2) is 49.3 Å². The number of aromatic nitrogens is 1. The van der Waals surface area contributed by atoms with E-state index in [0.717, 1.165) is 32.8 Å². The average molecular weight is 304 g/mol. The second-order valence-electron chi connectivity index (χ2n) is 6.45. The highest BCUT2D eigenvalue weighted by Crippen LogP contribution is 2.25. The Balaban J connectivity index is 1.66. The van der Waals surface area contributed by atoms with Crippen molar-refractivity contribution >= 4 is 5.91 Å². The maximum atomic E-state index is 12.3. The van der Waals surface area contributed by atoms with E-state index < -0.39 is 0 Å².